The number of nitrogens with zero attached hydrogens (tertiary/aromatic N) is 1. The van der Waals surface area contributed by atoms with Crippen LogP contribution in [0.2, 0.25) is 5.02 Å². The molecule has 5 nitrogen and oxygen atoms in total. The Labute approximate surface area is 169 Å². The lowest BCUT2D eigenvalue weighted by Gasteiger charge is -2.22. The van der Waals surface area contributed by atoms with Crippen LogP contribution in [0.15, 0.2) is 78.9 Å². The van der Waals surface area contributed by atoms with Gasteiger partial charge < -0.3 is 5.32 Å². The fourth-order valence-electron chi connectivity index (χ4n) is 2.79. The second-order valence-corrected chi connectivity index (χ2v) is 8.55. The number of para-hydroxylation sites is 1. The van der Waals surface area contributed by atoms with Crippen LogP contribution in [0, 0.1) is 0 Å². The van der Waals surface area contributed by atoms with Crippen molar-refractivity contribution in [2.24, 2.45) is 0 Å². The number of amides is 1. The third kappa shape index (κ3) is 4.91. The van der Waals surface area contributed by atoms with E-state index in [0.717, 1.165) is 21.7 Å². The molecule has 0 bridgehead atoms. The summed E-state index contributed by atoms with van der Waals surface area (Å²) in [6.45, 7) is -0.344. The van der Waals surface area contributed by atoms with Crippen molar-refractivity contribution in [3.63, 3.8) is 0 Å². The van der Waals surface area contributed by atoms with E-state index < -0.39 is 15.9 Å². The molecule has 0 aromatic heterocycles. The van der Waals surface area contributed by atoms with Gasteiger partial charge in [0.25, 0.3) is 0 Å². The Hall–Kier alpha value is -2.83. The number of carbonyl (C=O) groups is 1. The highest BCUT2D eigenvalue weighted by atomic mass is 35.5. The van der Waals surface area contributed by atoms with E-state index in [1.54, 1.807) is 30.3 Å². The van der Waals surface area contributed by atoms with Gasteiger partial charge in [-0.25, -0.2) is 8.42 Å². The molecule has 0 saturated carbocycles. The van der Waals surface area contributed by atoms with E-state index in [4.69, 9.17) is 11.6 Å². The van der Waals surface area contributed by atoms with E-state index in [0.29, 0.717) is 16.4 Å². The molecule has 144 valence electrons. The molecular formula is C21H19ClN2O3S. The Morgan fingerprint density at radius 1 is 0.929 bits per heavy atom. The van der Waals surface area contributed by atoms with Gasteiger partial charge in [0, 0.05) is 16.3 Å². The molecule has 0 heterocycles. The topological polar surface area (TPSA) is 66.5 Å². The zero-order valence-corrected chi connectivity index (χ0v) is 16.7. The van der Waals surface area contributed by atoms with Crippen LogP contribution in [0.25, 0.3) is 11.1 Å². The van der Waals surface area contributed by atoms with Crippen LogP contribution < -0.4 is 9.62 Å². The van der Waals surface area contributed by atoms with Gasteiger partial charge in [-0.3, -0.25) is 9.10 Å². The summed E-state index contributed by atoms with van der Waals surface area (Å²) in [6.07, 6.45) is 1.06. The summed E-state index contributed by atoms with van der Waals surface area (Å²) in [7, 11) is -3.65. The first-order valence-corrected chi connectivity index (χ1v) is 10.7. The monoisotopic (exact) mass is 414 g/mol. The Bertz CT molecular complexity index is 1070. The van der Waals surface area contributed by atoms with Gasteiger partial charge in [0.15, 0.2) is 0 Å². The van der Waals surface area contributed by atoms with Gasteiger partial charge in [-0.2, -0.15) is 0 Å². The van der Waals surface area contributed by atoms with Crippen molar-refractivity contribution in [2.45, 2.75) is 0 Å². The number of nitrogens with one attached hydrogen (secondary N) is 1. The smallest absolute Gasteiger partial charge is 0.245 e. The van der Waals surface area contributed by atoms with E-state index in [2.05, 4.69) is 5.32 Å². The molecule has 0 aliphatic heterocycles. The van der Waals surface area contributed by atoms with E-state index in [-0.39, 0.29) is 6.54 Å². The van der Waals surface area contributed by atoms with Gasteiger partial charge in [-0.05, 0) is 35.9 Å². The maximum absolute atomic E-state index is 12.7. The SMILES string of the molecule is CS(=O)(=O)N(CC(=O)Nc1ccccc1-c1ccccc1)c1ccc(Cl)cc1. The Morgan fingerprint density at radius 3 is 2.18 bits per heavy atom. The quantitative estimate of drug-likeness (QED) is 0.649. The minimum Gasteiger partial charge on any atom is -0.324 e. The molecule has 0 aliphatic rings. The Morgan fingerprint density at radius 2 is 1.54 bits per heavy atom. The molecule has 7 heteroatoms. The van der Waals surface area contributed by atoms with Crippen molar-refractivity contribution in [1.82, 2.24) is 0 Å². The second-order valence-electron chi connectivity index (χ2n) is 6.21. The predicted molar refractivity (Wildman–Crippen MR) is 114 cm³/mol. The van der Waals surface area contributed by atoms with E-state index in [9.17, 15) is 13.2 Å². The van der Waals surface area contributed by atoms with Gasteiger partial charge in [-0.15, -0.1) is 0 Å². The highest BCUT2D eigenvalue weighted by molar-refractivity contribution is 7.92. The average Bonchev–Trinajstić information content (AvgIpc) is 2.67. The number of hydrogen-bond acceptors (Lipinski definition) is 3. The van der Waals surface area contributed by atoms with E-state index >= 15 is 0 Å². The number of carbonyl (C=O) groups excluding carboxylic acids is 1. The number of anilines is 2. The fraction of sp³-hybridized carbons (Fsp3) is 0.0952. The van der Waals surface area contributed by atoms with Crippen LogP contribution in [0.4, 0.5) is 11.4 Å². The van der Waals surface area contributed by atoms with Gasteiger partial charge in [0.2, 0.25) is 15.9 Å². The van der Waals surface area contributed by atoms with Gasteiger partial charge >= 0.3 is 0 Å². The van der Waals surface area contributed by atoms with Crippen LogP contribution in [0.3, 0.4) is 0 Å². The molecule has 0 atom stereocenters. The maximum atomic E-state index is 12.7. The number of benzene rings is 3. The first-order chi connectivity index (χ1) is 13.3. The van der Waals surface area contributed by atoms with Gasteiger partial charge in [0.1, 0.15) is 6.54 Å². The lowest BCUT2D eigenvalue weighted by atomic mass is 10.0. The third-order valence-electron chi connectivity index (χ3n) is 4.09. The molecule has 3 aromatic carbocycles. The van der Waals surface area contributed by atoms with Crippen LogP contribution >= 0.6 is 11.6 Å². The molecule has 1 amide bonds. The molecule has 1 N–H and O–H groups in total. The summed E-state index contributed by atoms with van der Waals surface area (Å²) in [5.41, 5.74) is 2.80. The van der Waals surface area contributed by atoms with Crippen LogP contribution in [-0.4, -0.2) is 27.1 Å². The zero-order valence-electron chi connectivity index (χ0n) is 15.2. The molecule has 0 radical (unpaired) electrons. The summed E-state index contributed by atoms with van der Waals surface area (Å²) in [4.78, 5) is 12.7. The molecule has 3 aromatic rings. The largest absolute Gasteiger partial charge is 0.324 e. The lowest BCUT2D eigenvalue weighted by molar-refractivity contribution is -0.114. The fourth-order valence-corrected chi connectivity index (χ4v) is 3.77. The van der Waals surface area contributed by atoms with Gasteiger partial charge in [-0.1, -0.05) is 60.1 Å². The van der Waals surface area contributed by atoms with Crippen LogP contribution in [0.1, 0.15) is 0 Å². The first kappa shape index (κ1) is 19.9. The Kier molecular flexibility index (Phi) is 6.02. The molecule has 3 rings (SSSR count). The van der Waals surface area contributed by atoms with Crippen molar-refractivity contribution in [1.29, 1.82) is 0 Å². The van der Waals surface area contributed by atoms with E-state index in [1.165, 1.54) is 0 Å². The second kappa shape index (κ2) is 8.46. The van der Waals surface area contributed by atoms with Crippen molar-refractivity contribution in [3.8, 4) is 11.1 Å². The highest BCUT2D eigenvalue weighted by Crippen LogP contribution is 2.28. The first-order valence-electron chi connectivity index (χ1n) is 8.52. The van der Waals surface area contributed by atoms with Crippen molar-refractivity contribution in [3.05, 3.63) is 83.9 Å². The third-order valence-corrected chi connectivity index (χ3v) is 5.48. The van der Waals surface area contributed by atoms with E-state index in [1.807, 2.05) is 48.5 Å². The normalized spacial score (nSPS) is 11.1. The number of halogens is 1. The number of rotatable bonds is 6. The average molecular weight is 415 g/mol. The summed E-state index contributed by atoms with van der Waals surface area (Å²) >= 11 is 5.87. The molecule has 0 unspecified atom stereocenters. The Balaban J connectivity index is 1.84. The molecule has 0 spiro atoms. The minimum atomic E-state index is -3.65. The molecule has 0 fully saturated rings. The summed E-state index contributed by atoms with van der Waals surface area (Å²) in [5, 5.41) is 3.31. The minimum absolute atomic E-state index is 0.344. The molecular weight excluding hydrogens is 396 g/mol. The van der Waals surface area contributed by atoms with Crippen molar-refractivity contribution >= 4 is 38.9 Å². The number of sulfonamides is 1. The van der Waals surface area contributed by atoms with Crippen molar-refractivity contribution in [2.75, 3.05) is 22.4 Å². The van der Waals surface area contributed by atoms with Crippen LogP contribution in [0.5, 0.6) is 0 Å². The highest BCUT2D eigenvalue weighted by Gasteiger charge is 2.21. The predicted octanol–water partition coefficient (Wildman–Crippen LogP) is 4.41. The molecule has 0 aliphatic carbocycles. The van der Waals surface area contributed by atoms with Gasteiger partial charge in [0.05, 0.1) is 11.9 Å². The molecule has 0 saturated heterocycles. The summed E-state index contributed by atoms with van der Waals surface area (Å²) in [5.74, 6) is -0.441. The summed E-state index contributed by atoms with van der Waals surface area (Å²) < 4.78 is 25.5. The molecule has 28 heavy (non-hydrogen) atoms. The van der Waals surface area contributed by atoms with Crippen LogP contribution in [-0.2, 0) is 14.8 Å². The lowest BCUT2D eigenvalue weighted by Crippen LogP contribution is -2.37. The zero-order chi connectivity index (χ0) is 20.1. The summed E-state index contributed by atoms with van der Waals surface area (Å²) in [6, 6.07) is 23.3. The number of hydrogen-bond donors (Lipinski definition) is 1. The van der Waals surface area contributed by atoms with Crippen molar-refractivity contribution < 1.29 is 13.2 Å². The maximum Gasteiger partial charge on any atom is 0.245 e. The standard InChI is InChI=1S/C21H19ClN2O3S/c1-28(26,27)24(18-13-11-17(22)12-14-18)15-21(25)23-20-10-6-5-9-19(20)16-7-3-2-4-8-16/h2-14H,15H2,1H3,(H,23,25).